The summed E-state index contributed by atoms with van der Waals surface area (Å²) < 4.78 is 34.3. The minimum Gasteiger partial charge on any atom is -0.493 e. The molecule has 1 atom stereocenters. The molecule has 0 bridgehead atoms. The Kier molecular flexibility index (Phi) is 6.97. The highest BCUT2D eigenvalue weighted by molar-refractivity contribution is 7.10. The summed E-state index contributed by atoms with van der Waals surface area (Å²) in [5.74, 6) is -0.182. The molecule has 0 aliphatic carbocycles. The van der Waals surface area contributed by atoms with E-state index in [0.29, 0.717) is 5.56 Å². The van der Waals surface area contributed by atoms with Crippen LogP contribution in [0.4, 0.5) is 8.78 Å². The summed E-state index contributed by atoms with van der Waals surface area (Å²) in [4.78, 5) is 13.5. The van der Waals surface area contributed by atoms with Crippen LogP contribution >= 0.6 is 11.3 Å². The average molecular weight is 415 g/mol. The van der Waals surface area contributed by atoms with Crippen molar-refractivity contribution in [2.45, 2.75) is 12.7 Å². The zero-order valence-corrected chi connectivity index (χ0v) is 16.4. The third-order valence-electron chi connectivity index (χ3n) is 4.08. The SMILES string of the molecule is COc1cc(/C=C/C(=O)N[C@H](c2ccccc2)c2cccs2)ccc1OC(F)F. The van der Waals surface area contributed by atoms with Gasteiger partial charge in [-0.1, -0.05) is 42.5 Å². The van der Waals surface area contributed by atoms with E-state index < -0.39 is 6.61 Å². The number of carbonyl (C=O) groups excluding carboxylic acids is 1. The normalized spacial score (nSPS) is 12.1. The Morgan fingerprint density at radius 1 is 1.07 bits per heavy atom. The Bertz CT molecular complexity index is 959. The molecule has 0 aliphatic rings. The van der Waals surface area contributed by atoms with Crippen molar-refractivity contribution >= 4 is 23.3 Å². The first-order chi connectivity index (χ1) is 14.1. The predicted octanol–water partition coefficient (Wildman–Crippen LogP) is 5.28. The van der Waals surface area contributed by atoms with Gasteiger partial charge in [-0.3, -0.25) is 4.79 Å². The first-order valence-electron chi connectivity index (χ1n) is 8.76. The van der Waals surface area contributed by atoms with Gasteiger partial charge in [0.1, 0.15) is 0 Å². The Morgan fingerprint density at radius 3 is 2.52 bits per heavy atom. The molecular formula is C22H19F2NO3S. The second-order valence-corrected chi connectivity index (χ2v) is 6.97. The zero-order valence-electron chi connectivity index (χ0n) is 15.5. The maximum atomic E-state index is 12.5. The van der Waals surface area contributed by atoms with Crippen LogP contribution in [-0.2, 0) is 4.79 Å². The molecule has 0 saturated carbocycles. The Balaban J connectivity index is 1.74. The van der Waals surface area contributed by atoms with Gasteiger partial charge in [0.15, 0.2) is 11.5 Å². The van der Waals surface area contributed by atoms with Crippen LogP contribution in [0.3, 0.4) is 0 Å². The molecule has 1 heterocycles. The third-order valence-corrected chi connectivity index (χ3v) is 5.02. The van der Waals surface area contributed by atoms with Gasteiger partial charge in [0, 0.05) is 11.0 Å². The molecule has 3 aromatic rings. The summed E-state index contributed by atoms with van der Waals surface area (Å²) in [6, 6.07) is 17.8. The van der Waals surface area contributed by atoms with Crippen molar-refractivity contribution in [3.8, 4) is 11.5 Å². The average Bonchev–Trinajstić information content (AvgIpc) is 3.26. The van der Waals surface area contributed by atoms with Crippen molar-refractivity contribution < 1.29 is 23.0 Å². The van der Waals surface area contributed by atoms with E-state index in [1.54, 1.807) is 23.5 Å². The summed E-state index contributed by atoms with van der Waals surface area (Å²) >= 11 is 1.56. The molecule has 0 fully saturated rings. The highest BCUT2D eigenvalue weighted by Gasteiger charge is 2.16. The van der Waals surface area contributed by atoms with Crippen molar-refractivity contribution in [1.29, 1.82) is 0 Å². The number of benzene rings is 2. The van der Waals surface area contributed by atoms with E-state index >= 15 is 0 Å². The van der Waals surface area contributed by atoms with Crippen LogP contribution in [0.5, 0.6) is 11.5 Å². The van der Waals surface area contributed by atoms with Crippen molar-refractivity contribution in [3.05, 3.63) is 88.1 Å². The van der Waals surface area contributed by atoms with Gasteiger partial charge in [-0.2, -0.15) is 8.78 Å². The number of rotatable bonds is 8. The molecule has 1 aromatic heterocycles. The molecule has 29 heavy (non-hydrogen) atoms. The molecule has 0 spiro atoms. The van der Waals surface area contributed by atoms with Crippen LogP contribution in [0.1, 0.15) is 22.0 Å². The Morgan fingerprint density at radius 2 is 1.86 bits per heavy atom. The fourth-order valence-electron chi connectivity index (χ4n) is 2.76. The van der Waals surface area contributed by atoms with E-state index in [1.807, 2.05) is 47.8 Å². The summed E-state index contributed by atoms with van der Waals surface area (Å²) in [5, 5.41) is 4.96. The molecule has 7 heteroatoms. The molecule has 1 N–H and O–H groups in total. The Hall–Kier alpha value is -3.19. The second-order valence-electron chi connectivity index (χ2n) is 5.99. The van der Waals surface area contributed by atoms with Gasteiger partial charge in [-0.05, 0) is 40.8 Å². The Labute approximate surface area is 171 Å². The maximum Gasteiger partial charge on any atom is 0.387 e. The van der Waals surface area contributed by atoms with Crippen LogP contribution in [0.25, 0.3) is 6.08 Å². The third kappa shape index (κ3) is 5.65. The molecule has 3 rings (SSSR count). The molecule has 150 valence electrons. The number of halogens is 2. The second kappa shape index (κ2) is 9.84. The largest absolute Gasteiger partial charge is 0.493 e. The van der Waals surface area contributed by atoms with E-state index in [1.165, 1.54) is 25.3 Å². The number of carbonyl (C=O) groups is 1. The summed E-state index contributed by atoms with van der Waals surface area (Å²) in [5.41, 5.74) is 1.60. The molecule has 0 radical (unpaired) electrons. The number of hydrogen-bond donors (Lipinski definition) is 1. The van der Waals surface area contributed by atoms with Crippen LogP contribution in [-0.4, -0.2) is 19.6 Å². The van der Waals surface area contributed by atoms with Gasteiger partial charge in [-0.25, -0.2) is 0 Å². The fraction of sp³-hybridized carbons (Fsp3) is 0.136. The minimum atomic E-state index is -2.94. The quantitative estimate of drug-likeness (QED) is 0.510. The molecule has 0 aliphatic heterocycles. The van der Waals surface area contributed by atoms with E-state index in [9.17, 15) is 13.6 Å². The van der Waals surface area contributed by atoms with Crippen LogP contribution in [0.15, 0.2) is 72.1 Å². The number of amides is 1. The lowest BCUT2D eigenvalue weighted by molar-refractivity contribution is -0.116. The van der Waals surface area contributed by atoms with Crippen molar-refractivity contribution in [3.63, 3.8) is 0 Å². The smallest absolute Gasteiger partial charge is 0.387 e. The van der Waals surface area contributed by atoms with Crippen molar-refractivity contribution in [2.75, 3.05) is 7.11 Å². The van der Waals surface area contributed by atoms with E-state index in [2.05, 4.69) is 10.1 Å². The number of thiophene rings is 1. The lowest BCUT2D eigenvalue weighted by Crippen LogP contribution is -2.27. The molecule has 0 unspecified atom stereocenters. The molecular weight excluding hydrogens is 396 g/mol. The van der Waals surface area contributed by atoms with Crippen molar-refractivity contribution in [1.82, 2.24) is 5.32 Å². The standard InChI is InChI=1S/C22H19F2NO3S/c1-27-18-14-15(9-11-17(18)28-22(23)24)10-12-20(26)25-21(19-8-5-13-29-19)16-6-3-2-4-7-16/h2-14,21-22H,1H3,(H,25,26)/b12-10+/t21-/m1/s1. The summed E-state index contributed by atoms with van der Waals surface area (Å²) in [6.45, 7) is -2.94. The first-order valence-corrected chi connectivity index (χ1v) is 9.64. The van der Waals surface area contributed by atoms with E-state index in [-0.39, 0.29) is 23.4 Å². The number of alkyl halides is 2. The van der Waals surface area contributed by atoms with Crippen LogP contribution < -0.4 is 14.8 Å². The highest BCUT2D eigenvalue weighted by Crippen LogP contribution is 2.30. The number of nitrogens with one attached hydrogen (secondary N) is 1. The van der Waals surface area contributed by atoms with Crippen LogP contribution in [0.2, 0.25) is 0 Å². The predicted molar refractivity (Wildman–Crippen MR) is 109 cm³/mol. The van der Waals surface area contributed by atoms with Gasteiger partial charge in [0.25, 0.3) is 0 Å². The molecule has 2 aromatic carbocycles. The first kappa shape index (κ1) is 20.5. The fourth-order valence-corrected chi connectivity index (χ4v) is 3.57. The molecule has 1 amide bonds. The monoisotopic (exact) mass is 415 g/mol. The lowest BCUT2D eigenvalue weighted by atomic mass is 10.1. The summed E-state index contributed by atoms with van der Waals surface area (Å²) in [7, 11) is 1.36. The van der Waals surface area contributed by atoms with Gasteiger partial charge >= 0.3 is 6.61 Å². The van der Waals surface area contributed by atoms with Crippen molar-refractivity contribution in [2.24, 2.45) is 0 Å². The highest BCUT2D eigenvalue weighted by atomic mass is 32.1. The molecule has 0 saturated heterocycles. The zero-order chi connectivity index (χ0) is 20.6. The topological polar surface area (TPSA) is 47.6 Å². The minimum absolute atomic E-state index is 0.0639. The lowest BCUT2D eigenvalue weighted by Gasteiger charge is -2.17. The van der Waals surface area contributed by atoms with Crippen LogP contribution in [0, 0.1) is 0 Å². The van der Waals surface area contributed by atoms with Gasteiger partial charge in [-0.15, -0.1) is 11.3 Å². The van der Waals surface area contributed by atoms with E-state index in [4.69, 9.17) is 4.74 Å². The number of methoxy groups -OCH3 is 1. The number of ether oxygens (including phenoxy) is 2. The van der Waals surface area contributed by atoms with Gasteiger partial charge in [0.05, 0.1) is 13.2 Å². The maximum absolute atomic E-state index is 12.5. The summed E-state index contributed by atoms with van der Waals surface area (Å²) in [6.07, 6.45) is 2.98. The van der Waals surface area contributed by atoms with Gasteiger partial charge < -0.3 is 14.8 Å². The van der Waals surface area contributed by atoms with Gasteiger partial charge in [0.2, 0.25) is 5.91 Å². The number of hydrogen-bond acceptors (Lipinski definition) is 4. The van der Waals surface area contributed by atoms with E-state index in [0.717, 1.165) is 10.4 Å². The molecule has 4 nitrogen and oxygen atoms in total.